The normalized spacial score (nSPS) is 20.1. The van der Waals surface area contributed by atoms with Gasteiger partial charge in [0.1, 0.15) is 5.82 Å². The highest BCUT2D eigenvalue weighted by atomic mass is 79.9. The highest BCUT2D eigenvalue weighted by Crippen LogP contribution is 2.30. The number of aryl methyl sites for hydroxylation is 2. The zero-order chi connectivity index (χ0) is 19.0. The molecular weight excluding hydrogens is 404 g/mol. The molecule has 140 valence electrons. The molecule has 4 rings (SSSR count). The molecule has 0 amide bonds. The van der Waals surface area contributed by atoms with Gasteiger partial charge in [0.15, 0.2) is 0 Å². The predicted octanol–water partition coefficient (Wildman–Crippen LogP) is 2.87. The first-order valence-electron chi connectivity index (χ1n) is 9.39. The highest BCUT2D eigenvalue weighted by molar-refractivity contribution is 9.12. The molecule has 0 radical (unpaired) electrons. The predicted molar refractivity (Wildman–Crippen MR) is 111 cm³/mol. The second-order valence-electron chi connectivity index (χ2n) is 7.21. The van der Waals surface area contributed by atoms with Crippen molar-refractivity contribution in [2.45, 2.75) is 45.3 Å². The lowest BCUT2D eigenvalue weighted by Gasteiger charge is -2.27. The van der Waals surface area contributed by atoms with Crippen LogP contribution in [0.4, 0.5) is 0 Å². The summed E-state index contributed by atoms with van der Waals surface area (Å²) < 4.78 is 8.77. The Balaban J connectivity index is 1.97. The van der Waals surface area contributed by atoms with Gasteiger partial charge in [-0.1, -0.05) is 57.9 Å². The summed E-state index contributed by atoms with van der Waals surface area (Å²) in [7, 11) is 0. The summed E-state index contributed by atoms with van der Waals surface area (Å²) in [5.74, 6) is 0.725. The Morgan fingerprint density at radius 1 is 1.22 bits per heavy atom. The number of fused-ring (bicyclic) bond motifs is 1. The standard InChI is InChI=1S/C22H23BrN2O2/c1-14-8-10-16(11-9-14)21(20-7-4-12-27-20)25-15(2)24-19-6-3-5-17(23)13-18(19)22(25)26/h5-6,8-11,13,20-21H,3-4,7,12H2,1-2H3. The number of allylic oxidation sites excluding steroid dienone is 2. The molecular formula is C22H23BrN2O2. The van der Waals surface area contributed by atoms with Crippen molar-refractivity contribution in [3.63, 3.8) is 0 Å². The second-order valence-corrected chi connectivity index (χ2v) is 8.13. The van der Waals surface area contributed by atoms with E-state index in [-0.39, 0.29) is 17.7 Å². The summed E-state index contributed by atoms with van der Waals surface area (Å²) in [5, 5.41) is 1.39. The summed E-state index contributed by atoms with van der Waals surface area (Å²) >= 11 is 3.53. The largest absolute Gasteiger partial charge is 0.376 e. The number of hydrogen-bond donors (Lipinski definition) is 0. The van der Waals surface area contributed by atoms with E-state index in [0.717, 1.165) is 47.1 Å². The Bertz CT molecular complexity index is 1060. The molecule has 0 bridgehead atoms. The molecule has 0 saturated carbocycles. The Kier molecular flexibility index (Phi) is 5.15. The minimum Gasteiger partial charge on any atom is -0.376 e. The molecule has 1 saturated heterocycles. The van der Waals surface area contributed by atoms with Gasteiger partial charge in [-0.05, 0) is 44.7 Å². The quantitative estimate of drug-likeness (QED) is 0.757. The van der Waals surface area contributed by atoms with E-state index in [9.17, 15) is 4.79 Å². The van der Waals surface area contributed by atoms with Crippen LogP contribution in [0, 0.1) is 13.8 Å². The topological polar surface area (TPSA) is 44.1 Å². The van der Waals surface area contributed by atoms with Crippen molar-refractivity contribution in [1.29, 1.82) is 0 Å². The van der Waals surface area contributed by atoms with Gasteiger partial charge in [-0.25, -0.2) is 4.98 Å². The minimum absolute atomic E-state index is 0.0120. The van der Waals surface area contributed by atoms with Gasteiger partial charge < -0.3 is 4.74 Å². The Morgan fingerprint density at radius 3 is 2.70 bits per heavy atom. The lowest BCUT2D eigenvalue weighted by atomic mass is 9.97. The van der Waals surface area contributed by atoms with Crippen LogP contribution in [-0.2, 0) is 4.74 Å². The Labute approximate surface area is 167 Å². The first-order valence-corrected chi connectivity index (χ1v) is 10.2. The minimum atomic E-state index is -0.169. The second kappa shape index (κ2) is 7.56. The van der Waals surface area contributed by atoms with Gasteiger partial charge in [0.05, 0.1) is 22.7 Å². The molecule has 2 atom stereocenters. The molecule has 1 aliphatic heterocycles. The van der Waals surface area contributed by atoms with Crippen LogP contribution in [0.25, 0.3) is 12.2 Å². The average molecular weight is 427 g/mol. The van der Waals surface area contributed by atoms with Gasteiger partial charge in [0, 0.05) is 11.1 Å². The van der Waals surface area contributed by atoms with Gasteiger partial charge in [-0.15, -0.1) is 0 Å². The molecule has 1 aromatic carbocycles. The zero-order valence-electron chi connectivity index (χ0n) is 15.6. The third-order valence-electron chi connectivity index (χ3n) is 5.28. The average Bonchev–Trinajstić information content (AvgIpc) is 3.10. The van der Waals surface area contributed by atoms with E-state index in [4.69, 9.17) is 9.72 Å². The van der Waals surface area contributed by atoms with Gasteiger partial charge >= 0.3 is 0 Å². The first kappa shape index (κ1) is 18.4. The molecule has 2 heterocycles. The van der Waals surface area contributed by atoms with Crippen LogP contribution in [0.5, 0.6) is 0 Å². The van der Waals surface area contributed by atoms with Gasteiger partial charge in [0.25, 0.3) is 5.56 Å². The lowest BCUT2D eigenvalue weighted by molar-refractivity contribution is 0.0776. The van der Waals surface area contributed by atoms with Crippen molar-refractivity contribution in [2.75, 3.05) is 6.61 Å². The highest BCUT2D eigenvalue weighted by Gasteiger charge is 2.31. The van der Waals surface area contributed by atoms with Crippen LogP contribution in [0.1, 0.15) is 42.3 Å². The number of ether oxygens (including phenoxy) is 1. The van der Waals surface area contributed by atoms with Crippen LogP contribution in [-0.4, -0.2) is 22.3 Å². The molecule has 2 aromatic rings. The summed E-state index contributed by atoms with van der Waals surface area (Å²) in [4.78, 5) is 18.3. The first-order chi connectivity index (χ1) is 13.0. The molecule has 27 heavy (non-hydrogen) atoms. The van der Waals surface area contributed by atoms with E-state index in [0.29, 0.717) is 5.22 Å². The van der Waals surface area contributed by atoms with Crippen LogP contribution < -0.4 is 16.1 Å². The van der Waals surface area contributed by atoms with Crippen LogP contribution in [0.3, 0.4) is 0 Å². The maximum absolute atomic E-state index is 13.5. The van der Waals surface area contributed by atoms with E-state index < -0.39 is 0 Å². The van der Waals surface area contributed by atoms with E-state index in [1.165, 1.54) is 5.56 Å². The summed E-state index contributed by atoms with van der Waals surface area (Å²) in [6.45, 7) is 4.73. The molecule has 0 spiro atoms. The number of benzene rings is 1. The summed E-state index contributed by atoms with van der Waals surface area (Å²) in [6.07, 6.45) is 8.63. The van der Waals surface area contributed by atoms with Crippen molar-refractivity contribution in [3.05, 3.63) is 72.7 Å². The number of rotatable bonds is 3. The summed E-state index contributed by atoms with van der Waals surface area (Å²) in [6, 6.07) is 8.22. The van der Waals surface area contributed by atoms with E-state index >= 15 is 0 Å². The Morgan fingerprint density at radius 2 is 2.00 bits per heavy atom. The molecule has 0 N–H and O–H groups in total. The SMILES string of the molecule is Cc1ccc(C(C2CCCO2)n2c(C)nc3c(c2=O)=CC(Br)=CCC=3)cc1. The van der Waals surface area contributed by atoms with Gasteiger partial charge in [-0.3, -0.25) is 9.36 Å². The van der Waals surface area contributed by atoms with Crippen molar-refractivity contribution in [3.8, 4) is 0 Å². The lowest BCUT2D eigenvalue weighted by Crippen LogP contribution is -2.50. The number of hydrogen-bond acceptors (Lipinski definition) is 3. The fraction of sp³-hybridized carbons (Fsp3) is 0.364. The number of halogens is 1. The van der Waals surface area contributed by atoms with Crippen molar-refractivity contribution >= 4 is 28.1 Å². The van der Waals surface area contributed by atoms with Crippen LogP contribution in [0.2, 0.25) is 0 Å². The van der Waals surface area contributed by atoms with E-state index in [1.54, 1.807) is 0 Å². The fourth-order valence-electron chi connectivity index (χ4n) is 3.92. The van der Waals surface area contributed by atoms with Gasteiger partial charge in [0.2, 0.25) is 0 Å². The molecule has 2 aliphatic rings. The summed E-state index contributed by atoms with van der Waals surface area (Å²) in [5.41, 5.74) is 2.28. The number of aromatic nitrogens is 2. The van der Waals surface area contributed by atoms with Gasteiger partial charge in [-0.2, -0.15) is 0 Å². The van der Waals surface area contributed by atoms with E-state index in [1.807, 2.05) is 29.7 Å². The molecule has 1 aromatic heterocycles. The molecule has 1 fully saturated rings. The molecule has 4 nitrogen and oxygen atoms in total. The maximum atomic E-state index is 13.5. The van der Waals surface area contributed by atoms with Crippen molar-refractivity contribution < 1.29 is 4.74 Å². The molecule has 5 heteroatoms. The molecule has 2 unspecified atom stereocenters. The third kappa shape index (κ3) is 3.58. The van der Waals surface area contributed by atoms with Crippen molar-refractivity contribution in [1.82, 2.24) is 9.55 Å². The van der Waals surface area contributed by atoms with Crippen LogP contribution >= 0.6 is 15.9 Å². The fourth-order valence-corrected chi connectivity index (χ4v) is 4.33. The van der Waals surface area contributed by atoms with Crippen LogP contribution in [0.15, 0.2) is 39.6 Å². The van der Waals surface area contributed by atoms with Crippen molar-refractivity contribution in [2.24, 2.45) is 0 Å². The smallest absolute Gasteiger partial charge is 0.262 e. The Hall–Kier alpha value is -1.98. The number of nitrogens with zero attached hydrogens (tertiary/aromatic N) is 2. The monoisotopic (exact) mass is 426 g/mol. The van der Waals surface area contributed by atoms with E-state index in [2.05, 4.69) is 47.1 Å². The third-order valence-corrected chi connectivity index (χ3v) is 5.83. The zero-order valence-corrected chi connectivity index (χ0v) is 17.2. The maximum Gasteiger partial charge on any atom is 0.262 e. The molecule has 1 aliphatic carbocycles.